The van der Waals surface area contributed by atoms with Crippen molar-refractivity contribution >= 4 is 24.8 Å². The second-order valence-corrected chi connectivity index (χ2v) is 5.82. The molecule has 0 amide bonds. The monoisotopic (exact) mass is 348 g/mol. The summed E-state index contributed by atoms with van der Waals surface area (Å²) in [4.78, 5) is 2.52. The second-order valence-electron chi connectivity index (χ2n) is 5.82. The normalized spacial score (nSPS) is 20.2. The van der Waals surface area contributed by atoms with E-state index in [0.29, 0.717) is 23.5 Å². The van der Waals surface area contributed by atoms with Crippen molar-refractivity contribution in [2.24, 2.45) is 5.92 Å². The SMILES string of the molecule is COc1cccc([C@H](C2CCC2)N2CCNCC2)c1O.Cl.Cl. The van der Waals surface area contributed by atoms with Gasteiger partial charge in [-0.25, -0.2) is 0 Å². The van der Waals surface area contributed by atoms with Crippen molar-refractivity contribution in [2.75, 3.05) is 33.3 Å². The van der Waals surface area contributed by atoms with Gasteiger partial charge in [0, 0.05) is 37.8 Å². The third-order valence-corrected chi connectivity index (χ3v) is 4.71. The largest absolute Gasteiger partial charge is 0.504 e. The number of rotatable bonds is 4. The number of benzene rings is 1. The van der Waals surface area contributed by atoms with Gasteiger partial charge in [0.15, 0.2) is 11.5 Å². The van der Waals surface area contributed by atoms with Crippen LogP contribution in [0, 0.1) is 5.92 Å². The number of methoxy groups -OCH3 is 1. The molecular formula is C16H26Cl2N2O2. The summed E-state index contributed by atoms with van der Waals surface area (Å²) in [6.45, 7) is 4.18. The van der Waals surface area contributed by atoms with Gasteiger partial charge in [-0.05, 0) is 24.8 Å². The fourth-order valence-electron chi connectivity index (χ4n) is 3.41. The van der Waals surface area contributed by atoms with Crippen molar-refractivity contribution in [3.05, 3.63) is 23.8 Å². The van der Waals surface area contributed by atoms with Crippen molar-refractivity contribution < 1.29 is 9.84 Å². The Morgan fingerprint density at radius 1 is 1.23 bits per heavy atom. The zero-order chi connectivity index (χ0) is 13.9. The molecule has 0 aromatic heterocycles. The molecular weight excluding hydrogens is 323 g/mol. The van der Waals surface area contributed by atoms with Gasteiger partial charge in [-0.2, -0.15) is 0 Å². The van der Waals surface area contributed by atoms with Crippen LogP contribution in [-0.2, 0) is 0 Å². The molecule has 1 atom stereocenters. The molecule has 22 heavy (non-hydrogen) atoms. The minimum Gasteiger partial charge on any atom is -0.504 e. The molecule has 1 aromatic rings. The van der Waals surface area contributed by atoms with Gasteiger partial charge in [0.1, 0.15) is 0 Å². The summed E-state index contributed by atoms with van der Waals surface area (Å²) in [6, 6.07) is 6.21. The quantitative estimate of drug-likeness (QED) is 0.877. The number of nitrogens with zero attached hydrogens (tertiary/aromatic N) is 1. The maximum Gasteiger partial charge on any atom is 0.162 e. The van der Waals surface area contributed by atoms with E-state index in [0.717, 1.165) is 31.7 Å². The second kappa shape index (κ2) is 8.82. The molecule has 1 saturated carbocycles. The lowest BCUT2D eigenvalue weighted by Gasteiger charge is -2.43. The molecule has 0 spiro atoms. The van der Waals surface area contributed by atoms with Crippen molar-refractivity contribution in [1.82, 2.24) is 10.2 Å². The average Bonchev–Trinajstić information content (AvgIpc) is 2.44. The fraction of sp³-hybridized carbons (Fsp3) is 0.625. The number of para-hydroxylation sites is 1. The Balaban J connectivity index is 0.00000121. The van der Waals surface area contributed by atoms with Crippen LogP contribution in [0.15, 0.2) is 18.2 Å². The summed E-state index contributed by atoms with van der Waals surface area (Å²) in [5, 5.41) is 13.9. The van der Waals surface area contributed by atoms with E-state index in [1.165, 1.54) is 19.3 Å². The number of halogens is 2. The zero-order valence-corrected chi connectivity index (χ0v) is 14.6. The smallest absolute Gasteiger partial charge is 0.162 e. The maximum absolute atomic E-state index is 10.5. The number of ether oxygens (including phenoxy) is 1. The van der Waals surface area contributed by atoms with E-state index in [4.69, 9.17) is 4.74 Å². The van der Waals surface area contributed by atoms with Gasteiger partial charge >= 0.3 is 0 Å². The highest BCUT2D eigenvalue weighted by molar-refractivity contribution is 5.85. The third kappa shape index (κ3) is 3.80. The molecule has 4 nitrogen and oxygen atoms in total. The van der Waals surface area contributed by atoms with E-state index in [-0.39, 0.29) is 24.8 Å². The minimum absolute atomic E-state index is 0. The van der Waals surface area contributed by atoms with Gasteiger partial charge in [0.25, 0.3) is 0 Å². The summed E-state index contributed by atoms with van der Waals surface area (Å²) >= 11 is 0. The van der Waals surface area contributed by atoms with Gasteiger partial charge in [-0.3, -0.25) is 4.90 Å². The Morgan fingerprint density at radius 3 is 2.45 bits per heavy atom. The van der Waals surface area contributed by atoms with Crippen LogP contribution in [-0.4, -0.2) is 43.3 Å². The van der Waals surface area contributed by atoms with Crippen LogP contribution in [0.4, 0.5) is 0 Å². The summed E-state index contributed by atoms with van der Waals surface area (Å²) < 4.78 is 5.27. The van der Waals surface area contributed by atoms with Crippen LogP contribution in [0.3, 0.4) is 0 Å². The zero-order valence-electron chi connectivity index (χ0n) is 13.0. The first kappa shape index (κ1) is 19.4. The molecule has 1 saturated heterocycles. The Kier molecular flexibility index (Phi) is 7.77. The first-order valence-corrected chi connectivity index (χ1v) is 7.62. The lowest BCUT2D eigenvalue weighted by Crippen LogP contribution is -2.47. The molecule has 0 bridgehead atoms. The molecule has 2 fully saturated rings. The van der Waals surface area contributed by atoms with Crippen molar-refractivity contribution in [3.8, 4) is 11.5 Å². The number of hydrogen-bond acceptors (Lipinski definition) is 4. The number of hydrogen-bond donors (Lipinski definition) is 2. The van der Waals surface area contributed by atoms with Crippen LogP contribution in [0.2, 0.25) is 0 Å². The summed E-state index contributed by atoms with van der Waals surface area (Å²) in [5.41, 5.74) is 1.04. The summed E-state index contributed by atoms with van der Waals surface area (Å²) in [5.74, 6) is 1.58. The molecule has 1 aliphatic heterocycles. The highest BCUT2D eigenvalue weighted by Crippen LogP contribution is 2.46. The Bertz CT molecular complexity index is 463. The third-order valence-electron chi connectivity index (χ3n) is 4.71. The van der Waals surface area contributed by atoms with Gasteiger partial charge in [0.05, 0.1) is 7.11 Å². The van der Waals surface area contributed by atoms with Gasteiger partial charge < -0.3 is 15.2 Å². The average molecular weight is 349 g/mol. The number of piperazine rings is 1. The number of aromatic hydroxyl groups is 1. The van der Waals surface area contributed by atoms with E-state index in [1.54, 1.807) is 7.11 Å². The molecule has 1 aliphatic carbocycles. The fourth-order valence-corrected chi connectivity index (χ4v) is 3.41. The predicted octanol–water partition coefficient (Wildman–Crippen LogP) is 2.99. The predicted molar refractivity (Wildman–Crippen MR) is 93.7 cm³/mol. The van der Waals surface area contributed by atoms with E-state index < -0.39 is 0 Å². The molecule has 126 valence electrons. The molecule has 6 heteroatoms. The number of phenols is 1. The molecule has 0 unspecified atom stereocenters. The Hall–Kier alpha value is -0.680. The molecule has 0 radical (unpaired) electrons. The molecule has 1 aromatic carbocycles. The number of phenolic OH excluding ortho intramolecular Hbond substituents is 1. The van der Waals surface area contributed by atoms with E-state index in [1.807, 2.05) is 12.1 Å². The van der Waals surface area contributed by atoms with Crippen molar-refractivity contribution in [2.45, 2.75) is 25.3 Å². The lowest BCUT2D eigenvalue weighted by molar-refractivity contribution is 0.0816. The number of nitrogens with one attached hydrogen (secondary N) is 1. The minimum atomic E-state index is 0. The Morgan fingerprint density at radius 2 is 1.91 bits per heavy atom. The van der Waals surface area contributed by atoms with Crippen LogP contribution < -0.4 is 10.1 Å². The van der Waals surface area contributed by atoms with E-state index in [9.17, 15) is 5.11 Å². The maximum atomic E-state index is 10.5. The van der Waals surface area contributed by atoms with Crippen LogP contribution in [0.1, 0.15) is 30.9 Å². The standard InChI is InChI=1S/C16H24N2O2.2ClH/c1-20-14-7-3-6-13(16(14)19)15(12-4-2-5-12)18-10-8-17-9-11-18;;/h3,6-7,12,15,17,19H,2,4-5,8-11H2,1H3;2*1H/t15-;;/m0../s1. The van der Waals surface area contributed by atoms with Crippen molar-refractivity contribution in [3.63, 3.8) is 0 Å². The summed E-state index contributed by atoms with van der Waals surface area (Å²) in [6.07, 6.45) is 3.86. The van der Waals surface area contributed by atoms with Crippen LogP contribution in [0.5, 0.6) is 11.5 Å². The first-order chi connectivity index (χ1) is 9.81. The highest BCUT2D eigenvalue weighted by atomic mass is 35.5. The van der Waals surface area contributed by atoms with Crippen molar-refractivity contribution in [1.29, 1.82) is 0 Å². The van der Waals surface area contributed by atoms with Gasteiger partial charge in [0.2, 0.25) is 0 Å². The molecule has 3 rings (SSSR count). The molecule has 1 heterocycles. The van der Waals surface area contributed by atoms with E-state index >= 15 is 0 Å². The molecule has 2 aliphatic rings. The first-order valence-electron chi connectivity index (χ1n) is 7.62. The molecule has 2 N–H and O–H groups in total. The van der Waals surface area contributed by atoms with Gasteiger partial charge in [-0.15, -0.1) is 24.8 Å². The topological polar surface area (TPSA) is 44.7 Å². The Labute approximate surface area is 145 Å². The van der Waals surface area contributed by atoms with Crippen LogP contribution in [0.25, 0.3) is 0 Å². The lowest BCUT2D eigenvalue weighted by atomic mass is 9.76. The van der Waals surface area contributed by atoms with Crippen LogP contribution >= 0.6 is 24.8 Å². The summed E-state index contributed by atoms with van der Waals surface area (Å²) in [7, 11) is 1.61. The van der Waals surface area contributed by atoms with E-state index in [2.05, 4.69) is 16.3 Å². The van der Waals surface area contributed by atoms with Gasteiger partial charge in [-0.1, -0.05) is 18.6 Å². The highest BCUT2D eigenvalue weighted by Gasteiger charge is 2.35.